The fraction of sp³-hybridized carbons (Fsp3) is 0.462. The maximum atomic E-state index is 11.9. The zero-order chi connectivity index (χ0) is 13.1. The number of fused-ring (bicyclic) bond motifs is 1. The van der Waals surface area contributed by atoms with Crippen LogP contribution in [-0.4, -0.2) is 30.9 Å². The van der Waals surface area contributed by atoms with Crippen LogP contribution in [0.25, 0.3) is 0 Å². The van der Waals surface area contributed by atoms with Gasteiger partial charge in [0.2, 0.25) is 5.91 Å². The van der Waals surface area contributed by atoms with Crippen molar-refractivity contribution >= 4 is 41.5 Å². The van der Waals surface area contributed by atoms with E-state index in [2.05, 4.69) is 5.32 Å². The second-order valence-corrected chi connectivity index (χ2v) is 5.20. The second kappa shape index (κ2) is 7.34. The normalized spacial score (nSPS) is 13.7. The molecule has 1 aliphatic heterocycles. The summed E-state index contributed by atoms with van der Waals surface area (Å²) in [5, 5.41) is 4.21. The van der Waals surface area contributed by atoms with E-state index in [9.17, 15) is 4.79 Å². The average molecular weight is 324 g/mol. The van der Waals surface area contributed by atoms with Gasteiger partial charge in [-0.1, -0.05) is 29.3 Å². The molecular formula is C13H17Cl3N2O. The van der Waals surface area contributed by atoms with Crippen molar-refractivity contribution in [2.24, 2.45) is 0 Å². The van der Waals surface area contributed by atoms with Gasteiger partial charge in [-0.15, -0.1) is 12.4 Å². The molecule has 19 heavy (non-hydrogen) atoms. The third-order valence-corrected chi connectivity index (χ3v) is 4.07. The first-order valence-corrected chi connectivity index (χ1v) is 6.77. The Labute approximate surface area is 129 Å². The largest absolute Gasteiger partial charge is 0.338 e. The zero-order valence-corrected chi connectivity index (χ0v) is 13.0. The molecule has 0 atom stereocenters. The van der Waals surface area contributed by atoms with Crippen molar-refractivity contribution in [3.8, 4) is 0 Å². The molecule has 0 aliphatic carbocycles. The van der Waals surface area contributed by atoms with Crippen LogP contribution in [0, 0.1) is 0 Å². The lowest BCUT2D eigenvalue weighted by Gasteiger charge is -2.29. The van der Waals surface area contributed by atoms with Gasteiger partial charge in [0.15, 0.2) is 0 Å². The average Bonchev–Trinajstić information content (AvgIpc) is 2.40. The Balaban J connectivity index is 0.00000180. The smallest absolute Gasteiger partial charge is 0.224 e. The number of nitrogens with one attached hydrogen (secondary N) is 1. The molecule has 3 nitrogen and oxygen atoms in total. The van der Waals surface area contributed by atoms with E-state index in [0.717, 1.165) is 24.1 Å². The Kier molecular flexibility index (Phi) is 6.40. The van der Waals surface area contributed by atoms with Gasteiger partial charge in [0.1, 0.15) is 0 Å². The van der Waals surface area contributed by atoms with E-state index in [-0.39, 0.29) is 18.3 Å². The first-order valence-electron chi connectivity index (χ1n) is 6.01. The predicted octanol–water partition coefficient (Wildman–Crippen LogP) is 2.91. The van der Waals surface area contributed by atoms with E-state index >= 15 is 0 Å². The van der Waals surface area contributed by atoms with E-state index in [1.54, 1.807) is 6.07 Å². The summed E-state index contributed by atoms with van der Waals surface area (Å²) in [4.78, 5) is 13.8. The predicted molar refractivity (Wildman–Crippen MR) is 81.4 cm³/mol. The van der Waals surface area contributed by atoms with Gasteiger partial charge in [0, 0.05) is 26.1 Å². The van der Waals surface area contributed by atoms with Crippen molar-refractivity contribution in [1.82, 2.24) is 10.2 Å². The third-order valence-electron chi connectivity index (χ3n) is 3.23. The lowest BCUT2D eigenvalue weighted by atomic mass is 9.99. The van der Waals surface area contributed by atoms with E-state index in [1.165, 1.54) is 0 Å². The van der Waals surface area contributed by atoms with Gasteiger partial charge in [-0.3, -0.25) is 4.79 Å². The molecule has 1 aliphatic rings. The van der Waals surface area contributed by atoms with Crippen LogP contribution in [-0.2, 0) is 17.8 Å². The molecule has 0 saturated heterocycles. The number of hydrogen-bond donors (Lipinski definition) is 1. The Hall–Kier alpha value is -0.480. The number of carbonyl (C=O) groups excluding carboxylic acids is 1. The molecule has 2 rings (SSSR count). The molecule has 0 saturated carbocycles. The SMILES string of the molecule is CNCCC(=O)N1CCc2c(ccc(Cl)c2Cl)C1.Cl. The van der Waals surface area contributed by atoms with Gasteiger partial charge in [0.25, 0.3) is 0 Å². The summed E-state index contributed by atoms with van der Waals surface area (Å²) >= 11 is 12.2. The minimum Gasteiger partial charge on any atom is -0.338 e. The number of carbonyl (C=O) groups is 1. The van der Waals surface area contributed by atoms with E-state index in [1.807, 2.05) is 18.0 Å². The maximum Gasteiger partial charge on any atom is 0.224 e. The molecule has 0 bridgehead atoms. The number of hydrogen-bond acceptors (Lipinski definition) is 2. The van der Waals surface area contributed by atoms with Crippen molar-refractivity contribution in [3.63, 3.8) is 0 Å². The molecule has 0 spiro atoms. The Bertz CT molecular complexity index is 465. The molecule has 1 aromatic rings. The van der Waals surface area contributed by atoms with E-state index in [4.69, 9.17) is 23.2 Å². The summed E-state index contributed by atoms with van der Waals surface area (Å²) in [5.74, 6) is 0.182. The Morgan fingerprint density at radius 1 is 1.42 bits per heavy atom. The third kappa shape index (κ3) is 3.76. The van der Waals surface area contributed by atoms with Crippen molar-refractivity contribution in [2.75, 3.05) is 20.1 Å². The van der Waals surface area contributed by atoms with Crippen LogP contribution in [0.3, 0.4) is 0 Å². The van der Waals surface area contributed by atoms with Crippen LogP contribution in [0.4, 0.5) is 0 Å². The van der Waals surface area contributed by atoms with Gasteiger partial charge in [-0.05, 0) is 30.7 Å². The van der Waals surface area contributed by atoms with Gasteiger partial charge in [-0.2, -0.15) is 0 Å². The molecule has 1 aromatic carbocycles. The summed E-state index contributed by atoms with van der Waals surface area (Å²) in [6, 6.07) is 3.76. The van der Waals surface area contributed by atoms with E-state index in [0.29, 0.717) is 29.6 Å². The van der Waals surface area contributed by atoms with Crippen LogP contribution in [0.15, 0.2) is 12.1 Å². The summed E-state index contributed by atoms with van der Waals surface area (Å²) in [6.45, 7) is 2.06. The zero-order valence-electron chi connectivity index (χ0n) is 10.7. The van der Waals surface area contributed by atoms with Crippen LogP contribution in [0.5, 0.6) is 0 Å². The van der Waals surface area contributed by atoms with Gasteiger partial charge in [-0.25, -0.2) is 0 Å². The number of amides is 1. The number of benzene rings is 1. The minimum atomic E-state index is 0. The lowest BCUT2D eigenvalue weighted by Crippen LogP contribution is -2.37. The highest BCUT2D eigenvalue weighted by Gasteiger charge is 2.22. The van der Waals surface area contributed by atoms with Crippen molar-refractivity contribution in [1.29, 1.82) is 0 Å². The standard InChI is InChI=1S/C13H16Cl2N2O.ClH/c1-16-6-4-12(18)17-7-5-10-9(8-17)2-3-11(14)13(10)15;/h2-3,16H,4-8H2,1H3;1H. The molecule has 0 fully saturated rings. The highest BCUT2D eigenvalue weighted by molar-refractivity contribution is 6.42. The highest BCUT2D eigenvalue weighted by Crippen LogP contribution is 2.32. The summed E-state index contributed by atoms with van der Waals surface area (Å²) < 4.78 is 0. The fourth-order valence-electron chi connectivity index (χ4n) is 2.19. The first kappa shape index (κ1) is 16.6. The van der Waals surface area contributed by atoms with Crippen molar-refractivity contribution in [3.05, 3.63) is 33.3 Å². The molecule has 1 heterocycles. The van der Waals surface area contributed by atoms with Crippen LogP contribution in [0.2, 0.25) is 10.0 Å². The first-order chi connectivity index (χ1) is 8.63. The van der Waals surface area contributed by atoms with Gasteiger partial charge >= 0.3 is 0 Å². The summed E-state index contributed by atoms with van der Waals surface area (Å²) in [6.07, 6.45) is 1.31. The molecule has 6 heteroatoms. The molecule has 106 valence electrons. The molecule has 1 amide bonds. The lowest BCUT2D eigenvalue weighted by molar-refractivity contribution is -0.132. The molecular weight excluding hydrogens is 307 g/mol. The number of rotatable bonds is 3. The monoisotopic (exact) mass is 322 g/mol. The van der Waals surface area contributed by atoms with Crippen molar-refractivity contribution in [2.45, 2.75) is 19.4 Å². The van der Waals surface area contributed by atoms with Gasteiger partial charge in [0.05, 0.1) is 10.0 Å². The topological polar surface area (TPSA) is 32.3 Å². The fourth-order valence-corrected chi connectivity index (χ4v) is 2.64. The van der Waals surface area contributed by atoms with Crippen molar-refractivity contribution < 1.29 is 4.79 Å². The number of nitrogens with zero attached hydrogens (tertiary/aromatic N) is 1. The van der Waals surface area contributed by atoms with Crippen LogP contribution < -0.4 is 5.32 Å². The quantitative estimate of drug-likeness (QED) is 0.927. The maximum absolute atomic E-state index is 11.9. The van der Waals surface area contributed by atoms with Crippen LogP contribution in [0.1, 0.15) is 17.5 Å². The molecule has 1 N–H and O–H groups in total. The molecule has 0 unspecified atom stereocenters. The summed E-state index contributed by atoms with van der Waals surface area (Å²) in [5.41, 5.74) is 2.19. The minimum absolute atomic E-state index is 0. The molecule has 0 aromatic heterocycles. The molecule has 0 radical (unpaired) electrons. The second-order valence-electron chi connectivity index (χ2n) is 4.42. The number of halogens is 3. The Morgan fingerprint density at radius 3 is 2.84 bits per heavy atom. The summed E-state index contributed by atoms with van der Waals surface area (Å²) in [7, 11) is 1.85. The van der Waals surface area contributed by atoms with E-state index < -0.39 is 0 Å². The van der Waals surface area contributed by atoms with Crippen LogP contribution >= 0.6 is 35.6 Å². The Morgan fingerprint density at radius 2 is 2.16 bits per heavy atom. The highest BCUT2D eigenvalue weighted by atomic mass is 35.5. The van der Waals surface area contributed by atoms with Gasteiger partial charge < -0.3 is 10.2 Å².